The van der Waals surface area contributed by atoms with Crippen LogP contribution < -0.4 is 10.6 Å². The zero-order chi connectivity index (χ0) is 24.0. The smallest absolute Gasteiger partial charge is 0.258 e. The average molecular weight is 449 g/mol. The zero-order valence-electron chi connectivity index (χ0n) is 19.4. The zero-order valence-corrected chi connectivity index (χ0v) is 19.4. The molecule has 0 aliphatic carbocycles. The molecule has 0 heterocycles. The number of para-hydroxylation sites is 1. The van der Waals surface area contributed by atoms with Crippen molar-refractivity contribution < 1.29 is 18.7 Å². The van der Waals surface area contributed by atoms with Gasteiger partial charge in [-0.05, 0) is 62.6 Å². The molecule has 0 atom stereocenters. The van der Waals surface area contributed by atoms with Gasteiger partial charge >= 0.3 is 0 Å². The lowest BCUT2D eigenvalue weighted by molar-refractivity contribution is -0.0149. The summed E-state index contributed by atoms with van der Waals surface area (Å²) in [5.41, 5.74) is 3.00. The second-order valence-corrected chi connectivity index (χ2v) is 8.84. The van der Waals surface area contributed by atoms with Gasteiger partial charge in [0.05, 0.1) is 29.0 Å². The molecular formula is C27H29FN2O3. The van der Waals surface area contributed by atoms with Gasteiger partial charge in [-0.15, -0.1) is 0 Å². The number of hydrogen-bond donors (Lipinski definition) is 2. The van der Waals surface area contributed by atoms with E-state index in [4.69, 9.17) is 4.74 Å². The second kappa shape index (κ2) is 10.4. The number of ether oxygens (including phenoxy) is 1. The highest BCUT2D eigenvalue weighted by Crippen LogP contribution is 2.22. The third-order valence-electron chi connectivity index (χ3n) is 4.99. The van der Waals surface area contributed by atoms with Crippen LogP contribution in [0.15, 0.2) is 66.7 Å². The molecule has 0 saturated heterocycles. The van der Waals surface area contributed by atoms with E-state index in [1.54, 1.807) is 31.2 Å². The van der Waals surface area contributed by atoms with Gasteiger partial charge in [0, 0.05) is 6.54 Å². The van der Waals surface area contributed by atoms with Crippen molar-refractivity contribution in [2.45, 2.75) is 46.4 Å². The van der Waals surface area contributed by atoms with Crippen molar-refractivity contribution >= 4 is 17.5 Å². The number of amides is 2. The van der Waals surface area contributed by atoms with Crippen LogP contribution >= 0.6 is 0 Å². The molecule has 0 aromatic heterocycles. The Labute approximate surface area is 194 Å². The van der Waals surface area contributed by atoms with E-state index >= 15 is 0 Å². The monoisotopic (exact) mass is 448 g/mol. The lowest BCUT2D eigenvalue weighted by Gasteiger charge is -2.19. The molecule has 2 N–H and O–H groups in total. The van der Waals surface area contributed by atoms with Crippen LogP contribution in [0, 0.1) is 12.7 Å². The number of carbonyl (C=O) groups is 2. The molecule has 3 rings (SSSR count). The van der Waals surface area contributed by atoms with Crippen LogP contribution in [-0.2, 0) is 17.9 Å². The van der Waals surface area contributed by atoms with E-state index in [9.17, 15) is 14.0 Å². The number of halogens is 1. The van der Waals surface area contributed by atoms with Gasteiger partial charge < -0.3 is 15.4 Å². The Morgan fingerprint density at radius 3 is 2.27 bits per heavy atom. The van der Waals surface area contributed by atoms with Crippen molar-refractivity contribution in [3.8, 4) is 0 Å². The SMILES string of the molecule is Cc1cccc(C(=O)NCc2cccc(COC(C)(C)C)c2)c1NC(=O)c1ccccc1F. The first-order valence-corrected chi connectivity index (χ1v) is 10.8. The number of carbonyl (C=O) groups excluding carboxylic acids is 2. The molecule has 0 unspecified atom stereocenters. The van der Waals surface area contributed by atoms with Crippen LogP contribution in [0.4, 0.5) is 10.1 Å². The number of nitrogens with one attached hydrogen (secondary N) is 2. The first-order chi connectivity index (χ1) is 15.6. The first kappa shape index (κ1) is 24.1. The molecular weight excluding hydrogens is 419 g/mol. The lowest BCUT2D eigenvalue weighted by Crippen LogP contribution is -2.25. The number of hydrogen-bond acceptors (Lipinski definition) is 3. The number of aryl methyl sites for hydroxylation is 1. The Morgan fingerprint density at radius 2 is 1.55 bits per heavy atom. The van der Waals surface area contributed by atoms with Crippen molar-refractivity contribution in [3.05, 3.63) is 100 Å². The Balaban J connectivity index is 1.72. The van der Waals surface area contributed by atoms with E-state index in [1.165, 1.54) is 18.2 Å². The van der Waals surface area contributed by atoms with Gasteiger partial charge in [-0.3, -0.25) is 9.59 Å². The van der Waals surface area contributed by atoms with E-state index in [0.29, 0.717) is 30.0 Å². The van der Waals surface area contributed by atoms with Crippen LogP contribution in [0.2, 0.25) is 0 Å². The molecule has 0 aliphatic heterocycles. The molecule has 5 nitrogen and oxygen atoms in total. The number of rotatable bonds is 7. The number of benzene rings is 3. The Morgan fingerprint density at radius 1 is 0.879 bits per heavy atom. The summed E-state index contributed by atoms with van der Waals surface area (Å²) in [4.78, 5) is 25.6. The molecule has 0 aliphatic rings. The minimum absolute atomic E-state index is 0.0820. The van der Waals surface area contributed by atoms with E-state index in [1.807, 2.05) is 45.0 Å². The van der Waals surface area contributed by atoms with Gasteiger partial charge in [0.15, 0.2) is 0 Å². The van der Waals surface area contributed by atoms with Gasteiger partial charge in [0.1, 0.15) is 5.82 Å². The van der Waals surface area contributed by atoms with Gasteiger partial charge in [-0.1, -0.05) is 48.5 Å². The lowest BCUT2D eigenvalue weighted by atomic mass is 10.1. The summed E-state index contributed by atoms with van der Waals surface area (Å²) in [7, 11) is 0. The highest BCUT2D eigenvalue weighted by Gasteiger charge is 2.18. The third kappa shape index (κ3) is 6.73. The standard InChI is InChI=1S/C27H29FN2O3/c1-18-9-7-13-22(24(18)30-26(32)21-12-5-6-14-23(21)28)25(31)29-16-19-10-8-11-20(15-19)17-33-27(2,3)4/h5-15H,16-17H2,1-4H3,(H,29,31)(H,30,32). The predicted molar refractivity (Wildman–Crippen MR) is 128 cm³/mol. The molecule has 6 heteroatoms. The average Bonchev–Trinajstić information content (AvgIpc) is 2.77. The van der Waals surface area contributed by atoms with E-state index < -0.39 is 11.7 Å². The van der Waals surface area contributed by atoms with Crippen LogP contribution in [0.25, 0.3) is 0 Å². The normalized spacial score (nSPS) is 11.2. The Bertz CT molecular complexity index is 1150. The fourth-order valence-corrected chi connectivity index (χ4v) is 3.26. The molecule has 3 aromatic carbocycles. The third-order valence-corrected chi connectivity index (χ3v) is 4.99. The topological polar surface area (TPSA) is 67.4 Å². The molecule has 0 spiro atoms. The van der Waals surface area contributed by atoms with Crippen LogP contribution in [0.5, 0.6) is 0 Å². The summed E-state index contributed by atoms with van der Waals surface area (Å²) in [6, 6.07) is 18.7. The maximum absolute atomic E-state index is 14.0. The molecule has 0 radical (unpaired) electrons. The number of anilines is 1. The Kier molecular flexibility index (Phi) is 7.61. The van der Waals surface area contributed by atoms with Gasteiger partial charge in [0.25, 0.3) is 11.8 Å². The summed E-state index contributed by atoms with van der Waals surface area (Å²) < 4.78 is 19.8. The van der Waals surface area contributed by atoms with Crippen molar-refractivity contribution in [1.29, 1.82) is 0 Å². The van der Waals surface area contributed by atoms with E-state index in [0.717, 1.165) is 11.1 Å². The van der Waals surface area contributed by atoms with Gasteiger partial charge in [0.2, 0.25) is 0 Å². The second-order valence-electron chi connectivity index (χ2n) is 8.84. The van der Waals surface area contributed by atoms with Crippen molar-refractivity contribution in [2.24, 2.45) is 0 Å². The first-order valence-electron chi connectivity index (χ1n) is 10.8. The van der Waals surface area contributed by atoms with Crippen LogP contribution in [0.1, 0.15) is 58.2 Å². The molecule has 2 amide bonds. The van der Waals surface area contributed by atoms with Crippen molar-refractivity contribution in [3.63, 3.8) is 0 Å². The molecule has 0 bridgehead atoms. The highest BCUT2D eigenvalue weighted by molar-refractivity contribution is 6.09. The minimum Gasteiger partial charge on any atom is -0.371 e. The van der Waals surface area contributed by atoms with Gasteiger partial charge in [-0.25, -0.2) is 4.39 Å². The van der Waals surface area contributed by atoms with E-state index in [2.05, 4.69) is 10.6 Å². The summed E-state index contributed by atoms with van der Waals surface area (Å²) in [6.07, 6.45) is 0. The molecule has 33 heavy (non-hydrogen) atoms. The Hall–Kier alpha value is -3.51. The summed E-state index contributed by atoms with van der Waals surface area (Å²) >= 11 is 0. The fraction of sp³-hybridized carbons (Fsp3) is 0.259. The van der Waals surface area contributed by atoms with Gasteiger partial charge in [-0.2, -0.15) is 0 Å². The largest absolute Gasteiger partial charge is 0.371 e. The summed E-state index contributed by atoms with van der Waals surface area (Å²) in [6.45, 7) is 8.59. The van der Waals surface area contributed by atoms with E-state index in [-0.39, 0.29) is 17.1 Å². The summed E-state index contributed by atoms with van der Waals surface area (Å²) in [5, 5.41) is 5.60. The predicted octanol–water partition coefficient (Wildman–Crippen LogP) is 5.63. The van der Waals surface area contributed by atoms with Crippen molar-refractivity contribution in [2.75, 3.05) is 5.32 Å². The maximum atomic E-state index is 14.0. The fourth-order valence-electron chi connectivity index (χ4n) is 3.26. The quantitative estimate of drug-likeness (QED) is 0.492. The molecule has 3 aromatic rings. The maximum Gasteiger partial charge on any atom is 0.258 e. The molecule has 0 saturated carbocycles. The molecule has 172 valence electrons. The minimum atomic E-state index is -0.620. The van der Waals surface area contributed by atoms with Crippen LogP contribution in [-0.4, -0.2) is 17.4 Å². The highest BCUT2D eigenvalue weighted by atomic mass is 19.1. The molecule has 0 fully saturated rings. The van der Waals surface area contributed by atoms with Crippen molar-refractivity contribution in [1.82, 2.24) is 5.32 Å². The van der Waals surface area contributed by atoms with Crippen LogP contribution in [0.3, 0.4) is 0 Å². The summed E-state index contributed by atoms with van der Waals surface area (Å²) in [5.74, 6) is -1.56.